The monoisotopic (exact) mass is 402 g/mol. The first-order valence-electron chi connectivity index (χ1n) is 10.7. The lowest BCUT2D eigenvalue weighted by Crippen LogP contribution is -2.55. The lowest BCUT2D eigenvalue weighted by Gasteiger charge is -2.45. The van der Waals surface area contributed by atoms with Crippen molar-refractivity contribution in [2.24, 2.45) is 11.8 Å². The van der Waals surface area contributed by atoms with Gasteiger partial charge in [-0.3, -0.25) is 9.69 Å². The highest BCUT2D eigenvalue weighted by atomic mass is 16.2. The number of hydrogen-bond donors (Lipinski definition) is 0. The Morgan fingerprint density at radius 1 is 1.00 bits per heavy atom. The number of rotatable bonds is 5. The largest absolute Gasteiger partial charge is 0.338 e. The molecular formula is C25H30N4O. The standard InChI is InChI=1S/C25H30N4O/c1-19-16-28(18-21-8-5-4-6-9-21)17-20(2)24(19)27(3)25(30)22-10-12-23(13-11-22)29-15-7-14-26-29/h4-15,19-20,24H,16-18H2,1-3H3. The fraction of sp³-hybridized carbons (Fsp3) is 0.360. The summed E-state index contributed by atoms with van der Waals surface area (Å²) >= 11 is 0. The quantitative estimate of drug-likeness (QED) is 0.645. The fourth-order valence-corrected chi connectivity index (χ4v) is 4.92. The van der Waals surface area contributed by atoms with Crippen LogP contribution >= 0.6 is 0 Å². The van der Waals surface area contributed by atoms with E-state index in [-0.39, 0.29) is 11.9 Å². The first kappa shape index (κ1) is 20.4. The van der Waals surface area contributed by atoms with Gasteiger partial charge in [-0.2, -0.15) is 5.10 Å². The van der Waals surface area contributed by atoms with E-state index < -0.39 is 0 Å². The molecule has 2 heterocycles. The zero-order valence-corrected chi connectivity index (χ0v) is 18.0. The number of aromatic nitrogens is 2. The van der Waals surface area contributed by atoms with Gasteiger partial charge < -0.3 is 4.90 Å². The summed E-state index contributed by atoms with van der Waals surface area (Å²) in [6, 6.07) is 20.4. The molecule has 1 amide bonds. The van der Waals surface area contributed by atoms with Crippen molar-refractivity contribution >= 4 is 5.91 Å². The minimum atomic E-state index is 0.0854. The maximum atomic E-state index is 13.2. The van der Waals surface area contributed by atoms with E-state index in [0.717, 1.165) is 30.9 Å². The summed E-state index contributed by atoms with van der Waals surface area (Å²) in [4.78, 5) is 17.7. The van der Waals surface area contributed by atoms with Crippen molar-refractivity contribution in [3.8, 4) is 5.69 Å². The smallest absolute Gasteiger partial charge is 0.253 e. The molecule has 5 nitrogen and oxygen atoms in total. The summed E-state index contributed by atoms with van der Waals surface area (Å²) in [6.45, 7) is 7.50. The highest BCUT2D eigenvalue weighted by Crippen LogP contribution is 2.28. The maximum Gasteiger partial charge on any atom is 0.253 e. The minimum absolute atomic E-state index is 0.0854. The van der Waals surface area contributed by atoms with Gasteiger partial charge in [-0.15, -0.1) is 0 Å². The normalized spacial score (nSPS) is 22.0. The third-order valence-corrected chi connectivity index (χ3v) is 6.16. The lowest BCUT2D eigenvalue weighted by molar-refractivity contribution is 0.0271. The molecule has 1 aliphatic heterocycles. The number of hydrogen-bond acceptors (Lipinski definition) is 3. The molecule has 0 spiro atoms. The molecule has 1 aromatic heterocycles. The third kappa shape index (κ3) is 4.31. The molecule has 3 aromatic rings. The predicted molar refractivity (Wildman–Crippen MR) is 119 cm³/mol. The van der Waals surface area contributed by atoms with Gasteiger partial charge in [-0.25, -0.2) is 4.68 Å². The van der Waals surface area contributed by atoms with Crippen LogP contribution in [0.2, 0.25) is 0 Å². The Bertz CT molecular complexity index is 941. The number of carbonyl (C=O) groups excluding carboxylic acids is 1. The van der Waals surface area contributed by atoms with Gasteiger partial charge in [0.1, 0.15) is 0 Å². The van der Waals surface area contributed by atoms with Crippen LogP contribution in [-0.2, 0) is 6.54 Å². The molecule has 30 heavy (non-hydrogen) atoms. The maximum absolute atomic E-state index is 13.2. The van der Waals surface area contributed by atoms with Gasteiger partial charge in [0.25, 0.3) is 5.91 Å². The molecule has 0 bridgehead atoms. The second-order valence-electron chi connectivity index (χ2n) is 8.54. The van der Waals surface area contributed by atoms with Crippen LogP contribution in [-0.4, -0.2) is 51.7 Å². The summed E-state index contributed by atoms with van der Waals surface area (Å²) in [5, 5.41) is 4.24. The number of benzene rings is 2. The van der Waals surface area contributed by atoms with Crippen LogP contribution in [0.1, 0.15) is 29.8 Å². The van der Waals surface area contributed by atoms with Crippen LogP contribution in [0.4, 0.5) is 0 Å². The van der Waals surface area contributed by atoms with E-state index in [0.29, 0.717) is 11.8 Å². The van der Waals surface area contributed by atoms with Crippen molar-refractivity contribution in [3.05, 3.63) is 84.2 Å². The van der Waals surface area contributed by atoms with Crippen molar-refractivity contribution in [1.29, 1.82) is 0 Å². The van der Waals surface area contributed by atoms with Gasteiger partial charge >= 0.3 is 0 Å². The van der Waals surface area contributed by atoms with Crippen LogP contribution in [0.15, 0.2) is 73.1 Å². The zero-order chi connectivity index (χ0) is 21.1. The van der Waals surface area contributed by atoms with Crippen molar-refractivity contribution in [2.45, 2.75) is 26.4 Å². The Labute approximate surface area is 178 Å². The number of carbonyl (C=O) groups is 1. The average molecular weight is 403 g/mol. The molecule has 5 heteroatoms. The lowest BCUT2D eigenvalue weighted by atomic mass is 9.84. The van der Waals surface area contributed by atoms with Crippen LogP contribution < -0.4 is 0 Å². The first-order chi connectivity index (χ1) is 14.5. The van der Waals surface area contributed by atoms with E-state index in [9.17, 15) is 4.79 Å². The summed E-state index contributed by atoms with van der Waals surface area (Å²) in [6.07, 6.45) is 3.65. The molecule has 1 saturated heterocycles. The molecule has 0 N–H and O–H groups in total. The van der Waals surface area contributed by atoms with Gasteiger partial charge in [0.2, 0.25) is 0 Å². The summed E-state index contributed by atoms with van der Waals surface area (Å²) in [5.74, 6) is 0.909. The molecule has 1 aliphatic rings. The molecule has 0 radical (unpaired) electrons. The number of piperidine rings is 1. The van der Waals surface area contributed by atoms with E-state index in [1.165, 1.54) is 5.56 Å². The molecule has 2 unspecified atom stereocenters. The Kier molecular flexibility index (Phi) is 6.00. The highest BCUT2D eigenvalue weighted by Gasteiger charge is 2.36. The second-order valence-corrected chi connectivity index (χ2v) is 8.54. The molecule has 0 saturated carbocycles. The zero-order valence-electron chi connectivity index (χ0n) is 18.0. The third-order valence-electron chi connectivity index (χ3n) is 6.16. The van der Waals surface area contributed by atoms with Gasteiger partial charge in [-0.05, 0) is 47.7 Å². The topological polar surface area (TPSA) is 41.4 Å². The van der Waals surface area contributed by atoms with Gasteiger partial charge in [-0.1, -0.05) is 44.2 Å². The van der Waals surface area contributed by atoms with Crippen LogP contribution in [0, 0.1) is 11.8 Å². The minimum Gasteiger partial charge on any atom is -0.338 e. The summed E-state index contributed by atoms with van der Waals surface area (Å²) < 4.78 is 1.80. The number of likely N-dealkylation sites (tertiary alicyclic amines) is 1. The summed E-state index contributed by atoms with van der Waals surface area (Å²) in [7, 11) is 1.95. The van der Waals surface area contributed by atoms with Crippen molar-refractivity contribution in [2.75, 3.05) is 20.1 Å². The van der Waals surface area contributed by atoms with Crippen molar-refractivity contribution in [3.63, 3.8) is 0 Å². The average Bonchev–Trinajstić information content (AvgIpc) is 3.28. The fourth-order valence-electron chi connectivity index (χ4n) is 4.92. The Hall–Kier alpha value is -2.92. The van der Waals surface area contributed by atoms with Gasteiger partial charge in [0.15, 0.2) is 0 Å². The molecular weight excluding hydrogens is 372 g/mol. The SMILES string of the molecule is CC1CN(Cc2ccccc2)CC(C)C1N(C)C(=O)c1ccc(-n2cccn2)cc1. The molecule has 0 aliphatic carbocycles. The molecule has 2 aromatic carbocycles. The Morgan fingerprint density at radius 2 is 1.67 bits per heavy atom. The van der Waals surface area contributed by atoms with Crippen LogP contribution in [0.5, 0.6) is 0 Å². The van der Waals surface area contributed by atoms with E-state index in [1.54, 1.807) is 10.9 Å². The van der Waals surface area contributed by atoms with Gasteiger partial charge in [0.05, 0.1) is 5.69 Å². The van der Waals surface area contributed by atoms with Crippen LogP contribution in [0.25, 0.3) is 5.69 Å². The second kappa shape index (κ2) is 8.84. The van der Waals surface area contributed by atoms with E-state index in [2.05, 4.69) is 54.2 Å². The number of amides is 1. The predicted octanol–water partition coefficient (Wildman–Crippen LogP) is 4.10. The Morgan fingerprint density at radius 3 is 2.27 bits per heavy atom. The van der Waals surface area contributed by atoms with E-state index >= 15 is 0 Å². The van der Waals surface area contributed by atoms with Crippen molar-refractivity contribution in [1.82, 2.24) is 19.6 Å². The number of nitrogens with zero attached hydrogens (tertiary/aromatic N) is 4. The highest BCUT2D eigenvalue weighted by molar-refractivity contribution is 5.94. The molecule has 1 fully saturated rings. The van der Waals surface area contributed by atoms with Gasteiger partial charge in [0, 0.05) is 50.7 Å². The van der Waals surface area contributed by atoms with E-state index in [1.807, 2.05) is 48.5 Å². The molecule has 156 valence electrons. The summed E-state index contributed by atoms with van der Waals surface area (Å²) in [5.41, 5.74) is 3.02. The molecule has 2 atom stereocenters. The van der Waals surface area contributed by atoms with Crippen molar-refractivity contribution < 1.29 is 4.79 Å². The molecule has 4 rings (SSSR count). The van der Waals surface area contributed by atoms with E-state index in [4.69, 9.17) is 0 Å². The van der Waals surface area contributed by atoms with Crippen LogP contribution in [0.3, 0.4) is 0 Å². The first-order valence-corrected chi connectivity index (χ1v) is 10.7. The Balaban J connectivity index is 1.42.